The number of halogens is 3. The molecule has 184 valence electrons. The molecule has 36 heavy (non-hydrogen) atoms. The highest BCUT2D eigenvalue weighted by Crippen LogP contribution is 2.38. The number of nitrogens with zero attached hydrogens (tertiary/aromatic N) is 4. The number of benzene rings is 2. The van der Waals surface area contributed by atoms with Gasteiger partial charge >= 0.3 is 0 Å². The zero-order valence-electron chi connectivity index (χ0n) is 20.3. The van der Waals surface area contributed by atoms with Crippen molar-refractivity contribution in [3.8, 4) is 34.0 Å². The molecular weight excluding hydrogens is 482 g/mol. The maximum atomic E-state index is 14.8. The number of fused-ring (bicyclic) bond motifs is 1. The van der Waals surface area contributed by atoms with Gasteiger partial charge in [0, 0.05) is 11.6 Å². The lowest BCUT2D eigenvalue weighted by molar-refractivity contribution is 0.269. The SMILES string of the molecule is C[C@@H](n1c(N)nc2ccc(-c3[nH]c(-c4c(F)cccc4Cl)nc3-c3ccc(F)cc3)nc21)C(C)(C)C. The van der Waals surface area contributed by atoms with Crippen LogP contribution < -0.4 is 5.73 Å². The molecule has 0 amide bonds. The van der Waals surface area contributed by atoms with Crippen LogP contribution in [0.4, 0.5) is 14.7 Å². The van der Waals surface area contributed by atoms with Gasteiger partial charge in [-0.3, -0.25) is 4.57 Å². The number of hydrogen-bond acceptors (Lipinski definition) is 4. The van der Waals surface area contributed by atoms with E-state index in [2.05, 4.69) is 42.6 Å². The molecule has 0 aliphatic rings. The Balaban J connectivity index is 1.75. The molecule has 0 unspecified atom stereocenters. The van der Waals surface area contributed by atoms with Gasteiger partial charge in [0.25, 0.3) is 0 Å². The number of aromatic nitrogens is 5. The van der Waals surface area contributed by atoms with Crippen molar-refractivity contribution in [2.24, 2.45) is 5.41 Å². The second-order valence-corrected chi connectivity index (χ2v) is 10.2. The highest BCUT2D eigenvalue weighted by Gasteiger charge is 2.27. The maximum absolute atomic E-state index is 14.8. The molecule has 0 aliphatic carbocycles. The molecule has 6 nitrogen and oxygen atoms in total. The second-order valence-electron chi connectivity index (χ2n) is 9.83. The van der Waals surface area contributed by atoms with Gasteiger partial charge in [0.05, 0.1) is 27.7 Å². The summed E-state index contributed by atoms with van der Waals surface area (Å²) in [6.45, 7) is 8.44. The first-order valence-electron chi connectivity index (χ1n) is 11.5. The summed E-state index contributed by atoms with van der Waals surface area (Å²) in [6.07, 6.45) is 0. The Kier molecular flexibility index (Phi) is 5.79. The maximum Gasteiger partial charge on any atom is 0.202 e. The quantitative estimate of drug-likeness (QED) is 0.268. The van der Waals surface area contributed by atoms with Crippen LogP contribution >= 0.6 is 11.6 Å². The topological polar surface area (TPSA) is 85.4 Å². The molecule has 0 aliphatic heterocycles. The van der Waals surface area contributed by atoms with Gasteiger partial charge in [-0.25, -0.2) is 23.7 Å². The Morgan fingerprint density at radius 2 is 1.69 bits per heavy atom. The molecule has 0 spiro atoms. The van der Waals surface area contributed by atoms with Crippen molar-refractivity contribution in [3.63, 3.8) is 0 Å². The van der Waals surface area contributed by atoms with Crippen molar-refractivity contribution < 1.29 is 8.78 Å². The number of anilines is 1. The number of H-pyrrole nitrogens is 1. The number of nitrogens with two attached hydrogens (primary N) is 1. The lowest BCUT2D eigenvalue weighted by Crippen LogP contribution is -2.23. The van der Waals surface area contributed by atoms with Crippen molar-refractivity contribution >= 4 is 28.7 Å². The zero-order chi connectivity index (χ0) is 25.8. The fourth-order valence-electron chi connectivity index (χ4n) is 4.12. The fourth-order valence-corrected chi connectivity index (χ4v) is 4.37. The van der Waals surface area contributed by atoms with Crippen LogP contribution in [0, 0.1) is 17.0 Å². The van der Waals surface area contributed by atoms with Gasteiger partial charge in [0.1, 0.15) is 23.0 Å². The molecular formula is C27H25ClF2N6. The van der Waals surface area contributed by atoms with Gasteiger partial charge in [-0.05, 0) is 60.9 Å². The number of rotatable bonds is 4. The number of imidazole rings is 2. The number of pyridine rings is 1. The fraction of sp³-hybridized carbons (Fsp3) is 0.222. The van der Waals surface area contributed by atoms with Crippen LogP contribution in [0.5, 0.6) is 0 Å². The van der Waals surface area contributed by atoms with E-state index in [0.29, 0.717) is 39.8 Å². The van der Waals surface area contributed by atoms with Gasteiger partial charge in [-0.1, -0.05) is 38.4 Å². The van der Waals surface area contributed by atoms with E-state index in [4.69, 9.17) is 22.3 Å². The molecule has 0 radical (unpaired) electrons. The summed E-state index contributed by atoms with van der Waals surface area (Å²) in [6, 6.07) is 14.0. The van der Waals surface area contributed by atoms with Crippen LogP contribution in [0.25, 0.3) is 45.2 Å². The Hall–Kier alpha value is -3.78. The Morgan fingerprint density at radius 1 is 0.972 bits per heavy atom. The molecule has 5 rings (SSSR count). The normalized spacial score (nSPS) is 12.9. The highest BCUT2D eigenvalue weighted by molar-refractivity contribution is 6.33. The molecule has 5 aromatic rings. The van der Waals surface area contributed by atoms with E-state index in [0.717, 1.165) is 0 Å². The average molecular weight is 507 g/mol. The van der Waals surface area contributed by atoms with Crippen LogP contribution in [0.3, 0.4) is 0 Å². The van der Waals surface area contributed by atoms with Crippen LogP contribution in [-0.4, -0.2) is 24.5 Å². The van der Waals surface area contributed by atoms with E-state index < -0.39 is 5.82 Å². The molecule has 2 aromatic carbocycles. The van der Waals surface area contributed by atoms with Gasteiger partial charge < -0.3 is 10.7 Å². The van der Waals surface area contributed by atoms with Crippen LogP contribution in [-0.2, 0) is 0 Å². The van der Waals surface area contributed by atoms with E-state index in [1.807, 2.05) is 10.6 Å². The van der Waals surface area contributed by atoms with Crippen LogP contribution in [0.2, 0.25) is 5.02 Å². The van der Waals surface area contributed by atoms with Crippen molar-refractivity contribution in [3.05, 3.63) is 71.3 Å². The number of nitrogens with one attached hydrogen (secondary N) is 1. The largest absolute Gasteiger partial charge is 0.369 e. The smallest absolute Gasteiger partial charge is 0.202 e. The molecule has 0 saturated carbocycles. The van der Waals surface area contributed by atoms with E-state index >= 15 is 0 Å². The van der Waals surface area contributed by atoms with Gasteiger partial charge in [0.2, 0.25) is 5.95 Å². The molecule has 0 bridgehead atoms. The third-order valence-electron chi connectivity index (χ3n) is 6.48. The van der Waals surface area contributed by atoms with Gasteiger partial charge in [0.15, 0.2) is 5.65 Å². The van der Waals surface area contributed by atoms with Crippen molar-refractivity contribution in [1.29, 1.82) is 0 Å². The van der Waals surface area contributed by atoms with Gasteiger partial charge in [-0.2, -0.15) is 0 Å². The Bertz CT molecular complexity index is 1560. The first-order valence-corrected chi connectivity index (χ1v) is 11.9. The summed E-state index contributed by atoms with van der Waals surface area (Å²) in [4.78, 5) is 17.3. The summed E-state index contributed by atoms with van der Waals surface area (Å²) in [7, 11) is 0. The van der Waals surface area contributed by atoms with E-state index in [1.165, 1.54) is 24.3 Å². The molecule has 1 atom stereocenters. The minimum absolute atomic E-state index is 0.0105. The molecule has 0 saturated heterocycles. The van der Waals surface area contributed by atoms with E-state index in [-0.39, 0.29) is 33.7 Å². The summed E-state index contributed by atoms with van der Waals surface area (Å²) < 4.78 is 30.3. The predicted octanol–water partition coefficient (Wildman–Crippen LogP) is 7.28. The second kappa shape index (κ2) is 8.71. The standard InChI is InChI=1S/C27H25ClF2N6/c1-14(27(2,3)4)36-25-20(33-26(36)31)13-12-19(32-25)23-22(15-8-10-16(29)11-9-15)34-24(35-23)21-17(28)6-5-7-18(21)30/h5-14H,1-4H3,(H2,31,33)(H,34,35)/t14-/m1/s1. The lowest BCUT2D eigenvalue weighted by atomic mass is 9.88. The predicted molar refractivity (Wildman–Crippen MR) is 139 cm³/mol. The molecule has 3 aromatic heterocycles. The minimum atomic E-state index is -0.512. The first-order chi connectivity index (χ1) is 17.0. The molecule has 0 fully saturated rings. The molecule has 3 N–H and O–H groups in total. The third kappa shape index (κ3) is 4.11. The van der Waals surface area contributed by atoms with Crippen molar-refractivity contribution in [2.75, 3.05) is 5.73 Å². The average Bonchev–Trinajstić information content (AvgIpc) is 3.38. The number of aromatic amines is 1. The lowest BCUT2D eigenvalue weighted by Gasteiger charge is -2.29. The number of hydrogen-bond donors (Lipinski definition) is 2. The van der Waals surface area contributed by atoms with E-state index in [1.54, 1.807) is 24.3 Å². The minimum Gasteiger partial charge on any atom is -0.369 e. The monoisotopic (exact) mass is 506 g/mol. The summed E-state index contributed by atoms with van der Waals surface area (Å²) >= 11 is 6.33. The van der Waals surface area contributed by atoms with Crippen LogP contribution in [0.15, 0.2) is 54.6 Å². The zero-order valence-corrected chi connectivity index (χ0v) is 21.0. The highest BCUT2D eigenvalue weighted by atomic mass is 35.5. The summed E-state index contributed by atoms with van der Waals surface area (Å²) in [5.74, 6) is -0.269. The Morgan fingerprint density at radius 3 is 2.36 bits per heavy atom. The molecule has 9 heteroatoms. The summed E-state index contributed by atoms with van der Waals surface area (Å²) in [5.41, 5.74) is 9.83. The van der Waals surface area contributed by atoms with Crippen molar-refractivity contribution in [1.82, 2.24) is 24.5 Å². The molecule has 3 heterocycles. The number of nitrogen functional groups attached to an aromatic ring is 1. The summed E-state index contributed by atoms with van der Waals surface area (Å²) in [5, 5.41) is 0.217. The third-order valence-corrected chi connectivity index (χ3v) is 6.80. The van der Waals surface area contributed by atoms with E-state index in [9.17, 15) is 8.78 Å². The first kappa shape index (κ1) is 23.9. The Labute approximate surface area is 212 Å². The van der Waals surface area contributed by atoms with Gasteiger partial charge in [-0.15, -0.1) is 0 Å². The van der Waals surface area contributed by atoms with Crippen LogP contribution in [0.1, 0.15) is 33.7 Å². The van der Waals surface area contributed by atoms with Crippen molar-refractivity contribution in [2.45, 2.75) is 33.7 Å².